The number of aryl methyl sites for hydroxylation is 2. The van der Waals surface area contributed by atoms with Crippen LogP contribution in [-0.2, 0) is 11.4 Å². The summed E-state index contributed by atoms with van der Waals surface area (Å²) >= 11 is 0. The van der Waals surface area contributed by atoms with E-state index in [2.05, 4.69) is 21.6 Å². The molecule has 0 aliphatic carbocycles. The number of amides is 2. The van der Waals surface area contributed by atoms with Gasteiger partial charge in [0.25, 0.3) is 5.91 Å². The Bertz CT molecular complexity index is 853. The first-order valence-corrected chi connectivity index (χ1v) is 9.97. The quantitative estimate of drug-likeness (QED) is 0.747. The van der Waals surface area contributed by atoms with Crippen molar-refractivity contribution in [2.75, 3.05) is 26.7 Å². The highest BCUT2D eigenvalue weighted by molar-refractivity contribution is 5.91. The number of hydrogen-bond donors (Lipinski definition) is 2. The van der Waals surface area contributed by atoms with Crippen molar-refractivity contribution in [1.82, 2.24) is 15.5 Å². The first-order chi connectivity index (χ1) is 13.9. The van der Waals surface area contributed by atoms with E-state index >= 15 is 0 Å². The minimum atomic E-state index is -0.215. The molecule has 2 amide bonds. The summed E-state index contributed by atoms with van der Waals surface area (Å²) in [5.74, 6) is 1.50. The molecule has 0 atom stereocenters. The number of nitrogens with one attached hydrogen (secondary N) is 2. The lowest BCUT2D eigenvalue weighted by Gasteiger charge is -2.31. The molecule has 7 heteroatoms. The van der Waals surface area contributed by atoms with Gasteiger partial charge in [0.1, 0.15) is 18.1 Å². The zero-order chi connectivity index (χ0) is 20.8. The summed E-state index contributed by atoms with van der Waals surface area (Å²) in [4.78, 5) is 26.0. The van der Waals surface area contributed by atoms with E-state index in [1.807, 2.05) is 26.0 Å². The van der Waals surface area contributed by atoms with E-state index in [0.29, 0.717) is 12.3 Å². The number of carbonyl (C=O) groups excluding carboxylic acids is 2. The van der Waals surface area contributed by atoms with Gasteiger partial charge in [0, 0.05) is 26.2 Å². The number of rotatable bonds is 7. The van der Waals surface area contributed by atoms with Crippen molar-refractivity contribution < 1.29 is 18.7 Å². The first-order valence-electron chi connectivity index (χ1n) is 9.97. The van der Waals surface area contributed by atoms with Gasteiger partial charge in [-0.25, -0.2) is 0 Å². The summed E-state index contributed by atoms with van der Waals surface area (Å²) in [6.07, 6.45) is 1.62. The predicted molar refractivity (Wildman–Crippen MR) is 110 cm³/mol. The third-order valence-electron chi connectivity index (χ3n) is 5.15. The fourth-order valence-electron chi connectivity index (χ4n) is 3.46. The van der Waals surface area contributed by atoms with Crippen LogP contribution in [0.3, 0.4) is 0 Å². The summed E-state index contributed by atoms with van der Waals surface area (Å²) in [5, 5.41) is 5.66. The molecule has 1 aromatic heterocycles. The van der Waals surface area contributed by atoms with Crippen molar-refractivity contribution >= 4 is 11.8 Å². The van der Waals surface area contributed by atoms with Gasteiger partial charge >= 0.3 is 0 Å². The van der Waals surface area contributed by atoms with Gasteiger partial charge in [0.2, 0.25) is 5.91 Å². The van der Waals surface area contributed by atoms with Crippen molar-refractivity contribution in [3.8, 4) is 5.75 Å². The maximum atomic E-state index is 12.5. The van der Waals surface area contributed by atoms with Crippen molar-refractivity contribution in [2.24, 2.45) is 0 Å². The molecule has 7 nitrogen and oxygen atoms in total. The van der Waals surface area contributed by atoms with E-state index in [1.165, 1.54) is 5.56 Å². The summed E-state index contributed by atoms with van der Waals surface area (Å²) in [6, 6.07) is 9.54. The number of hydrogen-bond acceptors (Lipinski definition) is 5. The van der Waals surface area contributed by atoms with Crippen molar-refractivity contribution in [3.05, 3.63) is 53.0 Å². The fraction of sp³-hybridized carbons (Fsp3) is 0.455. The van der Waals surface area contributed by atoms with Crippen LogP contribution in [0.4, 0.5) is 0 Å². The second kappa shape index (κ2) is 9.60. The Balaban J connectivity index is 1.46. The summed E-state index contributed by atoms with van der Waals surface area (Å²) in [7, 11) is 1.64. The normalized spacial score (nSPS) is 15.1. The molecule has 0 bridgehead atoms. The Kier molecular flexibility index (Phi) is 6.93. The predicted octanol–water partition coefficient (Wildman–Crippen LogP) is 2.42. The Hall–Kier alpha value is -2.80. The van der Waals surface area contributed by atoms with Gasteiger partial charge in [0.15, 0.2) is 5.76 Å². The molecule has 0 spiro atoms. The van der Waals surface area contributed by atoms with Crippen molar-refractivity contribution in [2.45, 2.75) is 39.3 Å². The van der Waals surface area contributed by atoms with E-state index in [9.17, 15) is 9.59 Å². The molecule has 0 saturated carbocycles. The van der Waals surface area contributed by atoms with Gasteiger partial charge in [-0.1, -0.05) is 17.7 Å². The Morgan fingerprint density at radius 1 is 1.17 bits per heavy atom. The van der Waals surface area contributed by atoms with E-state index in [1.54, 1.807) is 19.2 Å². The highest BCUT2D eigenvalue weighted by atomic mass is 16.5. The Morgan fingerprint density at radius 3 is 2.62 bits per heavy atom. The number of piperidine rings is 1. The van der Waals surface area contributed by atoms with Crippen LogP contribution >= 0.6 is 0 Å². The Labute approximate surface area is 171 Å². The van der Waals surface area contributed by atoms with Crippen LogP contribution in [0.25, 0.3) is 0 Å². The molecule has 2 aromatic rings. The van der Waals surface area contributed by atoms with Crippen LogP contribution in [0.1, 0.15) is 40.3 Å². The average Bonchev–Trinajstić information content (AvgIpc) is 3.18. The molecular weight excluding hydrogens is 370 g/mol. The molecule has 1 aliphatic rings. The molecule has 1 aromatic carbocycles. The highest BCUT2D eigenvalue weighted by Gasteiger charge is 2.23. The van der Waals surface area contributed by atoms with E-state index in [4.69, 9.17) is 9.15 Å². The van der Waals surface area contributed by atoms with Gasteiger partial charge in [-0.15, -0.1) is 0 Å². The van der Waals surface area contributed by atoms with Gasteiger partial charge in [0.05, 0.1) is 6.54 Å². The number of likely N-dealkylation sites (N-methyl/N-ethyl adjacent to an activating group) is 1. The summed E-state index contributed by atoms with van der Waals surface area (Å²) in [6.45, 7) is 6.29. The van der Waals surface area contributed by atoms with Crippen LogP contribution in [0.5, 0.6) is 5.75 Å². The third kappa shape index (κ3) is 5.84. The number of carbonyl (C=O) groups is 2. The van der Waals surface area contributed by atoms with E-state index < -0.39 is 0 Å². The van der Waals surface area contributed by atoms with Gasteiger partial charge in [-0.2, -0.15) is 0 Å². The van der Waals surface area contributed by atoms with Gasteiger partial charge in [-0.05, 0) is 50.5 Å². The number of benzene rings is 1. The minimum absolute atomic E-state index is 0.0126. The van der Waals surface area contributed by atoms with E-state index in [0.717, 1.165) is 37.2 Å². The number of ether oxygens (including phenoxy) is 1. The molecular formula is C22H29N3O4. The monoisotopic (exact) mass is 399 g/mol. The van der Waals surface area contributed by atoms with Gasteiger partial charge in [-0.3, -0.25) is 14.5 Å². The van der Waals surface area contributed by atoms with E-state index in [-0.39, 0.29) is 30.2 Å². The van der Waals surface area contributed by atoms with Gasteiger partial charge < -0.3 is 19.8 Å². The molecule has 3 rings (SSSR count). The van der Waals surface area contributed by atoms with Crippen molar-refractivity contribution in [3.63, 3.8) is 0 Å². The smallest absolute Gasteiger partial charge is 0.287 e. The number of likely N-dealkylation sites (tertiary alicyclic amines) is 1. The standard InChI is InChI=1S/C22H29N3O4/c1-15-4-6-19(16(2)12-15)28-14-18-5-7-20(29-18)22(27)24-17-8-10-25(11-9-17)13-21(26)23-3/h4-7,12,17H,8-11,13-14H2,1-3H3,(H,23,26)(H,24,27). The maximum Gasteiger partial charge on any atom is 0.287 e. The fourth-order valence-corrected chi connectivity index (χ4v) is 3.46. The maximum absolute atomic E-state index is 12.5. The zero-order valence-electron chi connectivity index (χ0n) is 17.3. The summed E-state index contributed by atoms with van der Waals surface area (Å²) < 4.78 is 11.5. The lowest BCUT2D eigenvalue weighted by Crippen LogP contribution is -2.47. The molecule has 1 fully saturated rings. The topological polar surface area (TPSA) is 83.8 Å². The number of furan rings is 1. The SMILES string of the molecule is CNC(=O)CN1CCC(NC(=O)c2ccc(COc3ccc(C)cc3C)o2)CC1. The second-order valence-electron chi connectivity index (χ2n) is 7.52. The molecule has 1 saturated heterocycles. The highest BCUT2D eigenvalue weighted by Crippen LogP contribution is 2.21. The molecule has 0 unspecified atom stereocenters. The van der Waals surface area contributed by atoms with Crippen LogP contribution in [0, 0.1) is 13.8 Å². The summed E-state index contributed by atoms with van der Waals surface area (Å²) in [5.41, 5.74) is 2.25. The van der Waals surface area contributed by atoms with Crippen LogP contribution < -0.4 is 15.4 Å². The first kappa shape index (κ1) is 20.9. The zero-order valence-corrected chi connectivity index (χ0v) is 17.3. The Morgan fingerprint density at radius 2 is 1.93 bits per heavy atom. The molecule has 29 heavy (non-hydrogen) atoms. The molecule has 0 radical (unpaired) electrons. The minimum Gasteiger partial charge on any atom is -0.485 e. The largest absolute Gasteiger partial charge is 0.485 e. The van der Waals surface area contributed by atoms with Crippen LogP contribution in [0.15, 0.2) is 34.7 Å². The van der Waals surface area contributed by atoms with Crippen LogP contribution in [-0.4, -0.2) is 49.4 Å². The molecule has 1 aliphatic heterocycles. The lowest BCUT2D eigenvalue weighted by molar-refractivity contribution is -0.122. The molecule has 156 valence electrons. The van der Waals surface area contributed by atoms with Crippen LogP contribution in [0.2, 0.25) is 0 Å². The van der Waals surface area contributed by atoms with Crippen molar-refractivity contribution in [1.29, 1.82) is 0 Å². The molecule has 2 N–H and O–H groups in total. The number of nitrogens with zero attached hydrogens (tertiary/aromatic N) is 1. The molecule has 2 heterocycles. The lowest BCUT2D eigenvalue weighted by atomic mass is 10.0. The second-order valence-corrected chi connectivity index (χ2v) is 7.52. The third-order valence-corrected chi connectivity index (χ3v) is 5.15. The average molecular weight is 399 g/mol.